The van der Waals surface area contributed by atoms with E-state index in [2.05, 4.69) is 37.2 Å². The van der Waals surface area contributed by atoms with Crippen LogP contribution in [0.3, 0.4) is 0 Å². The molecule has 0 aromatic heterocycles. The first-order chi connectivity index (χ1) is 12.9. The summed E-state index contributed by atoms with van der Waals surface area (Å²) in [5.74, 6) is -1.24. The van der Waals surface area contributed by atoms with Gasteiger partial charge in [0.1, 0.15) is 5.82 Å². The van der Waals surface area contributed by atoms with Crippen LogP contribution in [0.15, 0.2) is 53.0 Å². The molecule has 9 heteroatoms. The lowest BCUT2D eigenvalue weighted by Crippen LogP contribution is -2.43. The minimum absolute atomic E-state index is 0.198. The van der Waals surface area contributed by atoms with Gasteiger partial charge in [0.2, 0.25) is 11.8 Å². The number of carbonyl (C=O) groups is 3. The van der Waals surface area contributed by atoms with E-state index in [0.717, 1.165) is 10.0 Å². The quantitative estimate of drug-likeness (QED) is 0.534. The molecular formula is C18H18BrFN4O3. The molecule has 0 saturated carbocycles. The maximum atomic E-state index is 12.8. The lowest BCUT2D eigenvalue weighted by atomic mass is 10.2. The van der Waals surface area contributed by atoms with Crippen LogP contribution in [0.25, 0.3) is 0 Å². The van der Waals surface area contributed by atoms with Gasteiger partial charge in [-0.25, -0.2) is 9.18 Å². The average Bonchev–Trinajstić information content (AvgIpc) is 2.66. The van der Waals surface area contributed by atoms with Crippen molar-refractivity contribution in [2.45, 2.75) is 6.54 Å². The third-order valence-electron chi connectivity index (χ3n) is 3.35. The summed E-state index contributed by atoms with van der Waals surface area (Å²) >= 11 is 3.29. The minimum atomic E-state index is -0.547. The Bertz CT molecular complexity index is 797. The first-order valence-electron chi connectivity index (χ1n) is 8.00. The topological polar surface area (TPSA) is 99.3 Å². The van der Waals surface area contributed by atoms with Gasteiger partial charge < -0.3 is 21.3 Å². The Balaban J connectivity index is 1.62. The molecule has 7 nitrogen and oxygen atoms in total. The summed E-state index contributed by atoms with van der Waals surface area (Å²) in [6, 6.07) is 12.1. The van der Waals surface area contributed by atoms with Crippen LogP contribution in [-0.2, 0) is 16.1 Å². The number of hydrogen-bond acceptors (Lipinski definition) is 3. The number of urea groups is 1. The molecule has 0 aliphatic carbocycles. The third kappa shape index (κ3) is 7.87. The first-order valence-corrected chi connectivity index (χ1v) is 8.80. The molecule has 0 aliphatic rings. The largest absolute Gasteiger partial charge is 0.345 e. The predicted molar refractivity (Wildman–Crippen MR) is 102 cm³/mol. The van der Waals surface area contributed by atoms with Crippen LogP contribution < -0.4 is 21.3 Å². The fourth-order valence-electron chi connectivity index (χ4n) is 1.99. The van der Waals surface area contributed by atoms with Crippen molar-refractivity contribution in [3.63, 3.8) is 0 Å². The zero-order valence-corrected chi connectivity index (χ0v) is 15.8. The average molecular weight is 437 g/mol. The van der Waals surface area contributed by atoms with Gasteiger partial charge in [-0.05, 0) is 42.0 Å². The van der Waals surface area contributed by atoms with E-state index in [9.17, 15) is 18.8 Å². The van der Waals surface area contributed by atoms with E-state index in [0.29, 0.717) is 5.69 Å². The smallest absolute Gasteiger partial charge is 0.315 e. The number of carbonyl (C=O) groups excluding carboxylic acids is 3. The number of nitrogens with one attached hydrogen (secondary N) is 4. The second-order valence-corrected chi connectivity index (χ2v) is 6.41. The van der Waals surface area contributed by atoms with Crippen LogP contribution in [0.5, 0.6) is 0 Å². The van der Waals surface area contributed by atoms with Crippen LogP contribution in [0, 0.1) is 5.82 Å². The standard InChI is InChI=1S/C18H18BrFN4O3/c19-13-3-7-15(8-4-13)24-17(26)11-21-16(25)10-23-18(27)22-9-12-1-5-14(20)6-2-12/h1-8H,9-11H2,(H,21,25)(H,24,26)(H2,22,23,27). The van der Waals surface area contributed by atoms with E-state index in [1.165, 1.54) is 12.1 Å². The van der Waals surface area contributed by atoms with Gasteiger partial charge in [0.25, 0.3) is 0 Å². The monoisotopic (exact) mass is 436 g/mol. The summed E-state index contributed by atoms with van der Waals surface area (Å²) in [6.07, 6.45) is 0. The number of hydrogen-bond donors (Lipinski definition) is 4. The highest BCUT2D eigenvalue weighted by Crippen LogP contribution is 2.13. The molecule has 4 N–H and O–H groups in total. The fourth-order valence-corrected chi connectivity index (χ4v) is 2.25. The molecule has 2 aromatic rings. The van der Waals surface area contributed by atoms with Crippen molar-refractivity contribution in [3.8, 4) is 0 Å². The van der Waals surface area contributed by atoms with E-state index in [1.54, 1.807) is 36.4 Å². The molecule has 27 heavy (non-hydrogen) atoms. The highest BCUT2D eigenvalue weighted by molar-refractivity contribution is 9.10. The zero-order chi connectivity index (χ0) is 19.6. The van der Waals surface area contributed by atoms with Crippen molar-refractivity contribution in [3.05, 3.63) is 64.4 Å². The normalized spacial score (nSPS) is 10.0. The van der Waals surface area contributed by atoms with Crippen molar-refractivity contribution in [2.75, 3.05) is 18.4 Å². The van der Waals surface area contributed by atoms with Crippen LogP contribution in [0.1, 0.15) is 5.56 Å². The minimum Gasteiger partial charge on any atom is -0.345 e. The molecule has 0 spiro atoms. The molecule has 2 rings (SSSR count). The first kappa shape index (κ1) is 20.4. The SMILES string of the molecule is O=C(CNC(=O)NCc1ccc(F)cc1)NCC(=O)Nc1ccc(Br)cc1. The summed E-state index contributed by atoms with van der Waals surface area (Å²) < 4.78 is 13.7. The molecule has 0 atom stereocenters. The number of halogens is 2. The molecule has 2 aromatic carbocycles. The fraction of sp³-hybridized carbons (Fsp3) is 0.167. The Hall–Kier alpha value is -2.94. The van der Waals surface area contributed by atoms with E-state index in [4.69, 9.17) is 0 Å². The molecule has 0 radical (unpaired) electrons. The Kier molecular flexibility index (Phi) is 7.75. The van der Waals surface area contributed by atoms with Gasteiger partial charge >= 0.3 is 6.03 Å². The van der Waals surface area contributed by atoms with E-state index in [-0.39, 0.29) is 31.4 Å². The predicted octanol–water partition coefficient (Wildman–Crippen LogP) is 2.14. The van der Waals surface area contributed by atoms with Crippen molar-refractivity contribution < 1.29 is 18.8 Å². The molecule has 0 fully saturated rings. The highest BCUT2D eigenvalue weighted by Gasteiger charge is 2.08. The zero-order valence-electron chi connectivity index (χ0n) is 14.2. The van der Waals surface area contributed by atoms with Crippen molar-refractivity contribution in [1.82, 2.24) is 16.0 Å². The molecule has 0 saturated heterocycles. The summed E-state index contributed by atoms with van der Waals surface area (Å²) in [7, 11) is 0. The van der Waals surface area contributed by atoms with Crippen LogP contribution >= 0.6 is 15.9 Å². The molecule has 0 heterocycles. The Labute approximate surface area is 163 Å². The second-order valence-electron chi connectivity index (χ2n) is 5.49. The number of amides is 4. The van der Waals surface area contributed by atoms with Crippen LogP contribution in [-0.4, -0.2) is 30.9 Å². The van der Waals surface area contributed by atoms with Gasteiger partial charge in [-0.3, -0.25) is 9.59 Å². The van der Waals surface area contributed by atoms with Gasteiger partial charge in [-0.15, -0.1) is 0 Å². The number of anilines is 1. The molecule has 142 valence electrons. The molecular weight excluding hydrogens is 419 g/mol. The van der Waals surface area contributed by atoms with Gasteiger partial charge in [0.05, 0.1) is 13.1 Å². The summed E-state index contributed by atoms with van der Waals surface area (Å²) in [6.45, 7) is -0.294. The Morgan fingerprint density at radius 2 is 1.44 bits per heavy atom. The van der Waals surface area contributed by atoms with Crippen LogP contribution in [0.4, 0.5) is 14.9 Å². The number of rotatable bonds is 7. The Morgan fingerprint density at radius 3 is 2.11 bits per heavy atom. The second kappa shape index (κ2) is 10.3. The lowest BCUT2D eigenvalue weighted by Gasteiger charge is -2.09. The lowest BCUT2D eigenvalue weighted by molar-refractivity contribution is -0.123. The van der Waals surface area contributed by atoms with Crippen molar-refractivity contribution in [1.29, 1.82) is 0 Å². The van der Waals surface area contributed by atoms with Gasteiger partial charge in [-0.1, -0.05) is 28.1 Å². The number of benzene rings is 2. The van der Waals surface area contributed by atoms with Crippen LogP contribution in [0.2, 0.25) is 0 Å². The molecule has 0 bridgehead atoms. The van der Waals surface area contributed by atoms with Crippen molar-refractivity contribution in [2.24, 2.45) is 0 Å². The molecule has 0 aliphatic heterocycles. The summed E-state index contributed by atoms with van der Waals surface area (Å²) in [5, 5.41) is 9.95. The maximum Gasteiger partial charge on any atom is 0.315 e. The summed E-state index contributed by atoms with van der Waals surface area (Å²) in [5.41, 5.74) is 1.33. The molecule has 0 unspecified atom stereocenters. The van der Waals surface area contributed by atoms with Gasteiger partial charge in [-0.2, -0.15) is 0 Å². The highest BCUT2D eigenvalue weighted by atomic mass is 79.9. The van der Waals surface area contributed by atoms with Crippen molar-refractivity contribution >= 4 is 39.5 Å². The van der Waals surface area contributed by atoms with E-state index in [1.807, 2.05) is 0 Å². The van der Waals surface area contributed by atoms with Gasteiger partial charge in [0, 0.05) is 16.7 Å². The summed E-state index contributed by atoms with van der Waals surface area (Å²) in [4.78, 5) is 35.1. The van der Waals surface area contributed by atoms with E-state index >= 15 is 0 Å². The maximum absolute atomic E-state index is 12.8. The Morgan fingerprint density at radius 1 is 0.815 bits per heavy atom. The third-order valence-corrected chi connectivity index (χ3v) is 3.88. The van der Waals surface area contributed by atoms with E-state index < -0.39 is 11.9 Å². The molecule has 4 amide bonds. The van der Waals surface area contributed by atoms with Gasteiger partial charge in [0.15, 0.2) is 0 Å².